The van der Waals surface area contributed by atoms with Gasteiger partial charge in [-0.3, -0.25) is 4.79 Å². The molecule has 0 aliphatic carbocycles. The van der Waals surface area contributed by atoms with Crippen LogP contribution in [0.25, 0.3) is 0 Å². The zero-order chi connectivity index (χ0) is 12.1. The summed E-state index contributed by atoms with van der Waals surface area (Å²) >= 11 is 3.43. The van der Waals surface area contributed by atoms with Crippen LogP contribution < -0.4 is 5.32 Å². The summed E-state index contributed by atoms with van der Waals surface area (Å²) in [5.41, 5.74) is 2.00. The lowest BCUT2D eigenvalue weighted by atomic mass is 10.0. The molecule has 1 aromatic rings. The molecule has 1 rings (SSSR count). The average Bonchev–Trinajstić information content (AvgIpc) is 2.23. The Hall–Kier alpha value is -0.830. The van der Waals surface area contributed by atoms with E-state index in [-0.39, 0.29) is 5.91 Å². The number of carbonyl (C=O) groups excluding carboxylic acids is 1. The van der Waals surface area contributed by atoms with Crippen LogP contribution in [0.15, 0.2) is 22.7 Å². The molecular formula is C13H18BrNO. The normalized spacial score (nSPS) is 12.2. The standard InChI is InChI=1S/C13H18BrNO/c1-4-9(2)8-13(16)15-12-7-10(3)5-6-11(12)14/h5-7,9H,4,8H2,1-3H3,(H,15,16). The van der Waals surface area contributed by atoms with E-state index >= 15 is 0 Å². The molecule has 3 heteroatoms. The Balaban J connectivity index is 2.65. The third-order valence-corrected chi connectivity index (χ3v) is 3.32. The fourth-order valence-corrected chi connectivity index (χ4v) is 1.74. The lowest BCUT2D eigenvalue weighted by molar-refractivity contribution is -0.117. The second-order valence-corrected chi connectivity index (χ2v) is 5.10. The van der Waals surface area contributed by atoms with Crippen molar-refractivity contribution in [1.82, 2.24) is 0 Å². The third-order valence-electron chi connectivity index (χ3n) is 2.63. The van der Waals surface area contributed by atoms with Gasteiger partial charge in [0.15, 0.2) is 0 Å². The number of hydrogen-bond acceptors (Lipinski definition) is 1. The molecule has 0 saturated carbocycles. The summed E-state index contributed by atoms with van der Waals surface area (Å²) in [4.78, 5) is 11.7. The number of hydrogen-bond donors (Lipinski definition) is 1. The van der Waals surface area contributed by atoms with E-state index in [2.05, 4.69) is 35.1 Å². The highest BCUT2D eigenvalue weighted by molar-refractivity contribution is 9.10. The van der Waals surface area contributed by atoms with Gasteiger partial charge in [-0.1, -0.05) is 26.3 Å². The van der Waals surface area contributed by atoms with Crippen LogP contribution in [0.2, 0.25) is 0 Å². The molecule has 0 heterocycles. The van der Waals surface area contributed by atoms with Crippen molar-refractivity contribution >= 4 is 27.5 Å². The Labute approximate surface area is 106 Å². The van der Waals surface area contributed by atoms with Crippen LogP contribution in [0.1, 0.15) is 32.3 Å². The topological polar surface area (TPSA) is 29.1 Å². The first-order chi connectivity index (χ1) is 7.52. The van der Waals surface area contributed by atoms with E-state index in [1.54, 1.807) is 0 Å². The van der Waals surface area contributed by atoms with Gasteiger partial charge in [-0.2, -0.15) is 0 Å². The van der Waals surface area contributed by atoms with E-state index in [9.17, 15) is 4.79 Å². The minimum Gasteiger partial charge on any atom is -0.325 e. The van der Waals surface area contributed by atoms with Crippen molar-refractivity contribution < 1.29 is 4.79 Å². The summed E-state index contributed by atoms with van der Waals surface area (Å²) in [6.45, 7) is 6.20. The number of halogens is 1. The highest BCUT2D eigenvalue weighted by Gasteiger charge is 2.09. The van der Waals surface area contributed by atoms with Crippen LogP contribution >= 0.6 is 15.9 Å². The Morgan fingerprint density at radius 1 is 1.50 bits per heavy atom. The van der Waals surface area contributed by atoms with Crippen molar-refractivity contribution in [2.75, 3.05) is 5.32 Å². The summed E-state index contributed by atoms with van der Waals surface area (Å²) < 4.78 is 0.926. The van der Waals surface area contributed by atoms with Gasteiger partial charge >= 0.3 is 0 Å². The smallest absolute Gasteiger partial charge is 0.224 e. The summed E-state index contributed by atoms with van der Waals surface area (Å²) in [6, 6.07) is 5.93. The summed E-state index contributed by atoms with van der Waals surface area (Å²) in [5, 5.41) is 2.93. The molecule has 16 heavy (non-hydrogen) atoms. The summed E-state index contributed by atoms with van der Waals surface area (Å²) in [7, 11) is 0. The predicted octanol–water partition coefficient (Wildman–Crippen LogP) is 4.13. The van der Waals surface area contributed by atoms with Crippen molar-refractivity contribution in [3.63, 3.8) is 0 Å². The van der Waals surface area contributed by atoms with Gasteiger partial charge in [0.25, 0.3) is 0 Å². The van der Waals surface area contributed by atoms with Gasteiger partial charge in [-0.15, -0.1) is 0 Å². The minimum atomic E-state index is 0.0839. The maximum absolute atomic E-state index is 11.7. The minimum absolute atomic E-state index is 0.0839. The Morgan fingerprint density at radius 2 is 2.19 bits per heavy atom. The summed E-state index contributed by atoms with van der Waals surface area (Å²) in [6.07, 6.45) is 1.61. The molecule has 0 fully saturated rings. The molecule has 0 bridgehead atoms. The highest BCUT2D eigenvalue weighted by atomic mass is 79.9. The molecular weight excluding hydrogens is 266 g/mol. The first kappa shape index (κ1) is 13.2. The van der Waals surface area contributed by atoms with Gasteiger partial charge in [0, 0.05) is 10.9 Å². The van der Waals surface area contributed by atoms with Crippen molar-refractivity contribution in [2.24, 2.45) is 5.92 Å². The fraction of sp³-hybridized carbons (Fsp3) is 0.462. The molecule has 0 radical (unpaired) electrons. The van der Waals surface area contributed by atoms with Crippen molar-refractivity contribution in [2.45, 2.75) is 33.6 Å². The molecule has 1 atom stereocenters. The third kappa shape index (κ3) is 3.97. The lowest BCUT2D eigenvalue weighted by Gasteiger charge is -2.11. The molecule has 0 aromatic heterocycles. The second kappa shape index (κ2) is 6.04. The molecule has 2 nitrogen and oxygen atoms in total. The first-order valence-electron chi connectivity index (χ1n) is 5.59. The van der Waals surface area contributed by atoms with Crippen LogP contribution in [0.5, 0.6) is 0 Å². The van der Waals surface area contributed by atoms with E-state index in [0.29, 0.717) is 12.3 Å². The second-order valence-electron chi connectivity index (χ2n) is 4.25. The van der Waals surface area contributed by atoms with Crippen molar-refractivity contribution in [3.05, 3.63) is 28.2 Å². The van der Waals surface area contributed by atoms with Crippen LogP contribution in [0.4, 0.5) is 5.69 Å². The van der Waals surface area contributed by atoms with Gasteiger partial charge in [-0.25, -0.2) is 0 Å². The molecule has 1 unspecified atom stereocenters. The van der Waals surface area contributed by atoms with Gasteiger partial charge in [0.05, 0.1) is 5.69 Å². The zero-order valence-electron chi connectivity index (χ0n) is 10.0. The van der Waals surface area contributed by atoms with Gasteiger partial charge in [0.2, 0.25) is 5.91 Å². The molecule has 0 aliphatic rings. The Morgan fingerprint density at radius 3 is 2.81 bits per heavy atom. The van der Waals surface area contributed by atoms with Gasteiger partial charge in [0.1, 0.15) is 0 Å². The first-order valence-corrected chi connectivity index (χ1v) is 6.38. The molecule has 0 aliphatic heterocycles. The maximum Gasteiger partial charge on any atom is 0.224 e. The van der Waals surface area contributed by atoms with E-state index in [1.807, 2.05) is 25.1 Å². The average molecular weight is 284 g/mol. The summed E-state index contributed by atoms with van der Waals surface area (Å²) in [5.74, 6) is 0.518. The largest absolute Gasteiger partial charge is 0.325 e. The van der Waals surface area contributed by atoms with Crippen LogP contribution in [0.3, 0.4) is 0 Å². The quantitative estimate of drug-likeness (QED) is 0.884. The number of nitrogens with one attached hydrogen (secondary N) is 1. The maximum atomic E-state index is 11.7. The SMILES string of the molecule is CCC(C)CC(=O)Nc1cc(C)ccc1Br. The van der Waals surface area contributed by atoms with Gasteiger partial charge in [-0.05, 0) is 46.5 Å². The molecule has 0 saturated heterocycles. The Kier molecular flexibility index (Phi) is 5.00. The van der Waals surface area contributed by atoms with E-state index < -0.39 is 0 Å². The fourth-order valence-electron chi connectivity index (χ4n) is 1.40. The van der Waals surface area contributed by atoms with Crippen molar-refractivity contribution in [1.29, 1.82) is 0 Å². The number of anilines is 1. The van der Waals surface area contributed by atoms with Crippen LogP contribution in [0, 0.1) is 12.8 Å². The van der Waals surface area contributed by atoms with Gasteiger partial charge < -0.3 is 5.32 Å². The number of amides is 1. The highest BCUT2D eigenvalue weighted by Crippen LogP contribution is 2.23. The number of benzene rings is 1. The molecule has 1 N–H and O–H groups in total. The van der Waals surface area contributed by atoms with E-state index in [1.165, 1.54) is 0 Å². The molecule has 88 valence electrons. The zero-order valence-corrected chi connectivity index (χ0v) is 11.6. The lowest BCUT2D eigenvalue weighted by Crippen LogP contribution is -2.15. The predicted molar refractivity (Wildman–Crippen MR) is 71.6 cm³/mol. The molecule has 1 aromatic carbocycles. The monoisotopic (exact) mass is 283 g/mol. The number of carbonyl (C=O) groups is 1. The van der Waals surface area contributed by atoms with Crippen LogP contribution in [-0.2, 0) is 4.79 Å². The van der Waals surface area contributed by atoms with Crippen molar-refractivity contribution in [3.8, 4) is 0 Å². The molecule has 1 amide bonds. The Bertz CT molecular complexity index is 376. The van der Waals surface area contributed by atoms with Crippen LogP contribution in [-0.4, -0.2) is 5.91 Å². The van der Waals surface area contributed by atoms with E-state index in [4.69, 9.17) is 0 Å². The van der Waals surface area contributed by atoms with E-state index in [0.717, 1.165) is 22.1 Å². The number of rotatable bonds is 4. The molecule has 0 spiro atoms. The number of aryl methyl sites for hydroxylation is 1.